The molecular weight excluding hydrogens is 136 g/mol. The molecule has 0 fully saturated rings. The van der Waals surface area contributed by atoms with Crippen molar-refractivity contribution in [3.63, 3.8) is 0 Å². The Morgan fingerprint density at radius 3 is 1.67 bits per heavy atom. The minimum Gasteiger partial charge on any atom is -0.481 e. The standard InChI is InChI=1S/C3H9OSi.C2H4O2/c1-5(2)3-4;1-2(3)4/h4H,3H2,1-2H3;1H3,(H,3,4). The van der Waals surface area contributed by atoms with Crippen molar-refractivity contribution in [2.75, 3.05) is 6.23 Å². The van der Waals surface area contributed by atoms with E-state index in [-0.39, 0.29) is 8.80 Å². The lowest BCUT2D eigenvalue weighted by Gasteiger charge is -1.86. The first kappa shape index (κ1) is 11.4. The zero-order chi connectivity index (χ0) is 7.86. The van der Waals surface area contributed by atoms with Gasteiger partial charge in [0.25, 0.3) is 5.97 Å². The molecule has 4 heteroatoms. The largest absolute Gasteiger partial charge is 0.481 e. The molecule has 0 aliphatic carbocycles. The van der Waals surface area contributed by atoms with Crippen molar-refractivity contribution in [3.05, 3.63) is 0 Å². The number of carboxylic acid groups (broad SMARTS) is 1. The minimum atomic E-state index is -0.833. The second-order valence-electron chi connectivity index (χ2n) is 1.88. The van der Waals surface area contributed by atoms with Gasteiger partial charge < -0.3 is 10.2 Å². The van der Waals surface area contributed by atoms with Crippen molar-refractivity contribution in [1.82, 2.24) is 0 Å². The van der Waals surface area contributed by atoms with Gasteiger partial charge in [0.05, 0.1) is 8.80 Å². The maximum absolute atomic E-state index is 9.00. The van der Waals surface area contributed by atoms with Gasteiger partial charge >= 0.3 is 0 Å². The lowest BCUT2D eigenvalue weighted by molar-refractivity contribution is -0.134. The summed E-state index contributed by atoms with van der Waals surface area (Å²) in [6.07, 6.45) is 0.407. The monoisotopic (exact) mass is 149 g/mol. The Balaban J connectivity index is 0. The predicted molar refractivity (Wildman–Crippen MR) is 37.9 cm³/mol. The molecule has 0 atom stereocenters. The van der Waals surface area contributed by atoms with Crippen molar-refractivity contribution in [2.24, 2.45) is 0 Å². The zero-order valence-electron chi connectivity index (χ0n) is 6.01. The third-order valence-electron chi connectivity index (χ3n) is 0.316. The molecule has 0 bridgehead atoms. The Morgan fingerprint density at radius 2 is 1.67 bits per heavy atom. The highest BCUT2D eigenvalue weighted by Gasteiger charge is 1.85. The van der Waals surface area contributed by atoms with Crippen LogP contribution >= 0.6 is 0 Å². The SMILES string of the molecule is CC(=O)O.C[Si](C)CO. The van der Waals surface area contributed by atoms with Crippen LogP contribution < -0.4 is 0 Å². The molecule has 55 valence electrons. The molecule has 2 N–H and O–H groups in total. The number of aliphatic hydroxyl groups is 1. The number of rotatable bonds is 1. The Hall–Kier alpha value is -0.353. The smallest absolute Gasteiger partial charge is 0.300 e. The van der Waals surface area contributed by atoms with E-state index in [4.69, 9.17) is 15.0 Å². The summed E-state index contributed by atoms with van der Waals surface area (Å²) in [6.45, 7) is 5.23. The first-order valence-corrected chi connectivity index (χ1v) is 5.30. The first-order valence-electron chi connectivity index (χ1n) is 2.60. The van der Waals surface area contributed by atoms with Gasteiger partial charge in [-0.15, -0.1) is 0 Å². The average Bonchev–Trinajstić information content (AvgIpc) is 1.65. The first-order chi connectivity index (χ1) is 4.00. The van der Waals surface area contributed by atoms with E-state index in [1.54, 1.807) is 0 Å². The number of carboxylic acids is 1. The molecular formula is C5H13O3Si. The van der Waals surface area contributed by atoms with Gasteiger partial charge in [0.15, 0.2) is 0 Å². The summed E-state index contributed by atoms with van der Waals surface area (Å²) < 4.78 is 0. The van der Waals surface area contributed by atoms with E-state index in [0.29, 0.717) is 6.23 Å². The molecule has 0 saturated carbocycles. The fraction of sp³-hybridized carbons (Fsp3) is 0.800. The van der Waals surface area contributed by atoms with Crippen molar-refractivity contribution >= 4 is 14.8 Å². The highest BCUT2D eigenvalue weighted by Crippen LogP contribution is 1.69. The highest BCUT2D eigenvalue weighted by molar-refractivity contribution is 6.55. The minimum absolute atomic E-state index is 0.318. The number of aliphatic carboxylic acids is 1. The molecule has 0 aliphatic heterocycles. The Bertz CT molecular complexity index is 68.6. The van der Waals surface area contributed by atoms with Gasteiger partial charge in [0.2, 0.25) is 0 Å². The summed E-state index contributed by atoms with van der Waals surface area (Å²) in [6, 6.07) is 0. The van der Waals surface area contributed by atoms with Crippen LogP contribution in [0.2, 0.25) is 13.1 Å². The van der Waals surface area contributed by atoms with Gasteiger partial charge in [-0.05, 0) is 0 Å². The van der Waals surface area contributed by atoms with Gasteiger partial charge in [-0.3, -0.25) is 4.79 Å². The van der Waals surface area contributed by atoms with Crippen LogP contribution in [0.25, 0.3) is 0 Å². The predicted octanol–water partition coefficient (Wildman–Crippen LogP) is 0.363. The summed E-state index contributed by atoms with van der Waals surface area (Å²) in [5.74, 6) is -0.833. The number of hydrogen-bond donors (Lipinski definition) is 2. The van der Waals surface area contributed by atoms with Crippen LogP contribution in [0.1, 0.15) is 6.92 Å². The van der Waals surface area contributed by atoms with Crippen molar-refractivity contribution < 1.29 is 15.0 Å². The molecule has 3 nitrogen and oxygen atoms in total. The molecule has 0 unspecified atom stereocenters. The molecule has 0 heterocycles. The zero-order valence-corrected chi connectivity index (χ0v) is 7.01. The van der Waals surface area contributed by atoms with E-state index in [1.807, 2.05) is 0 Å². The fourth-order valence-corrected chi connectivity index (χ4v) is 0. The molecule has 0 amide bonds. The Morgan fingerprint density at radius 1 is 1.56 bits per heavy atom. The van der Waals surface area contributed by atoms with Crippen LogP contribution in [0.5, 0.6) is 0 Å². The van der Waals surface area contributed by atoms with Crippen molar-refractivity contribution in [3.8, 4) is 0 Å². The number of aliphatic hydroxyl groups excluding tert-OH is 1. The topological polar surface area (TPSA) is 57.5 Å². The lowest BCUT2D eigenvalue weighted by Crippen LogP contribution is -2.05. The molecule has 0 saturated heterocycles. The second kappa shape index (κ2) is 7.65. The van der Waals surface area contributed by atoms with Gasteiger partial charge in [0, 0.05) is 13.2 Å². The van der Waals surface area contributed by atoms with E-state index < -0.39 is 5.97 Å². The second-order valence-corrected chi connectivity index (χ2v) is 4.61. The van der Waals surface area contributed by atoms with Crippen LogP contribution in [-0.2, 0) is 4.79 Å². The van der Waals surface area contributed by atoms with E-state index in [1.165, 1.54) is 0 Å². The normalized spacial score (nSPS) is 8.11. The molecule has 0 aliphatic rings. The lowest BCUT2D eigenvalue weighted by atomic mass is 10.9. The van der Waals surface area contributed by atoms with E-state index in [0.717, 1.165) is 6.92 Å². The van der Waals surface area contributed by atoms with Crippen LogP contribution in [0.15, 0.2) is 0 Å². The van der Waals surface area contributed by atoms with Crippen LogP contribution in [0.4, 0.5) is 0 Å². The number of hydrogen-bond acceptors (Lipinski definition) is 2. The fourth-order valence-electron chi connectivity index (χ4n) is 0. The van der Waals surface area contributed by atoms with Gasteiger partial charge in [0.1, 0.15) is 0 Å². The van der Waals surface area contributed by atoms with E-state index >= 15 is 0 Å². The Labute approximate surface area is 56.9 Å². The third-order valence-corrected chi connectivity index (χ3v) is 0.949. The molecule has 0 aromatic heterocycles. The summed E-state index contributed by atoms with van der Waals surface area (Å²) in [5, 5.41) is 15.6. The van der Waals surface area contributed by atoms with Crippen LogP contribution in [-0.4, -0.2) is 31.2 Å². The van der Waals surface area contributed by atoms with E-state index in [9.17, 15) is 0 Å². The van der Waals surface area contributed by atoms with Crippen LogP contribution in [0, 0.1) is 0 Å². The van der Waals surface area contributed by atoms with Gasteiger partial charge in [-0.1, -0.05) is 13.1 Å². The molecule has 9 heavy (non-hydrogen) atoms. The Kier molecular flexibility index (Phi) is 9.72. The molecule has 0 spiro atoms. The molecule has 0 aromatic rings. The van der Waals surface area contributed by atoms with E-state index in [2.05, 4.69) is 13.1 Å². The number of carbonyl (C=O) groups is 1. The summed E-state index contributed by atoms with van der Waals surface area (Å²) in [5.41, 5.74) is 0. The molecule has 0 rings (SSSR count). The third kappa shape index (κ3) is 89.9. The van der Waals surface area contributed by atoms with Crippen molar-refractivity contribution in [1.29, 1.82) is 0 Å². The maximum atomic E-state index is 9.00. The highest BCUT2D eigenvalue weighted by atomic mass is 28.3. The molecule has 1 radical (unpaired) electrons. The maximum Gasteiger partial charge on any atom is 0.300 e. The van der Waals surface area contributed by atoms with Gasteiger partial charge in [-0.2, -0.15) is 0 Å². The van der Waals surface area contributed by atoms with Crippen molar-refractivity contribution in [2.45, 2.75) is 20.0 Å². The average molecular weight is 149 g/mol. The quantitative estimate of drug-likeness (QED) is 0.529. The summed E-state index contributed by atoms with van der Waals surface area (Å²) in [7, 11) is -0.318. The van der Waals surface area contributed by atoms with Gasteiger partial charge in [-0.25, -0.2) is 0 Å². The summed E-state index contributed by atoms with van der Waals surface area (Å²) >= 11 is 0. The summed E-state index contributed by atoms with van der Waals surface area (Å²) in [4.78, 5) is 9.00. The molecule has 0 aromatic carbocycles. The van der Waals surface area contributed by atoms with Crippen LogP contribution in [0.3, 0.4) is 0 Å².